The summed E-state index contributed by atoms with van der Waals surface area (Å²) < 4.78 is 42.1. The molecule has 1 fully saturated rings. The van der Waals surface area contributed by atoms with Crippen LogP contribution in [-0.4, -0.2) is 38.3 Å². The molecule has 8 heteroatoms. The summed E-state index contributed by atoms with van der Waals surface area (Å²) >= 11 is 0. The van der Waals surface area contributed by atoms with Crippen molar-refractivity contribution in [1.29, 1.82) is 0 Å². The normalized spacial score (nSPS) is 17.7. The molecule has 0 radical (unpaired) electrons. The highest BCUT2D eigenvalue weighted by Gasteiger charge is 2.35. The van der Waals surface area contributed by atoms with E-state index in [1.54, 1.807) is 43.3 Å². The molecule has 3 rings (SSSR count). The zero-order chi connectivity index (χ0) is 20.9. The van der Waals surface area contributed by atoms with Crippen LogP contribution in [0.4, 0.5) is 10.1 Å². The summed E-state index contributed by atoms with van der Waals surface area (Å²) in [5, 5.41) is 2.84. The molecule has 2 aromatic rings. The van der Waals surface area contributed by atoms with Gasteiger partial charge in [-0.1, -0.05) is 30.3 Å². The molecule has 0 bridgehead atoms. The average Bonchev–Trinajstić information content (AvgIpc) is 2.74. The molecular formula is C21H26FN3O3S. The highest BCUT2D eigenvalue weighted by molar-refractivity contribution is 7.90. The Morgan fingerprint density at radius 1 is 1.17 bits per heavy atom. The number of amides is 1. The molecule has 156 valence electrons. The van der Waals surface area contributed by atoms with Gasteiger partial charge in [-0.3, -0.25) is 9.10 Å². The van der Waals surface area contributed by atoms with Crippen molar-refractivity contribution in [1.82, 2.24) is 9.62 Å². The minimum atomic E-state index is -3.72. The van der Waals surface area contributed by atoms with E-state index in [1.165, 1.54) is 20.7 Å². The number of carbonyl (C=O) groups excluding carboxylic acids is 1. The number of benzene rings is 2. The van der Waals surface area contributed by atoms with Gasteiger partial charge in [-0.15, -0.1) is 0 Å². The van der Waals surface area contributed by atoms with E-state index < -0.39 is 16.1 Å². The summed E-state index contributed by atoms with van der Waals surface area (Å²) in [6.45, 7) is 2.94. The van der Waals surface area contributed by atoms with Crippen molar-refractivity contribution in [3.63, 3.8) is 0 Å². The van der Waals surface area contributed by atoms with Crippen molar-refractivity contribution in [2.45, 2.75) is 26.3 Å². The lowest BCUT2D eigenvalue weighted by atomic mass is 9.99. The van der Waals surface area contributed by atoms with Crippen LogP contribution in [0.3, 0.4) is 0 Å². The fraction of sp³-hybridized carbons (Fsp3) is 0.381. The molecule has 1 aliphatic rings. The van der Waals surface area contributed by atoms with Gasteiger partial charge >= 0.3 is 10.2 Å². The van der Waals surface area contributed by atoms with Gasteiger partial charge in [0.1, 0.15) is 5.82 Å². The van der Waals surface area contributed by atoms with Crippen LogP contribution in [0.2, 0.25) is 0 Å². The van der Waals surface area contributed by atoms with Gasteiger partial charge in [0.25, 0.3) is 0 Å². The van der Waals surface area contributed by atoms with Gasteiger partial charge in [0, 0.05) is 26.2 Å². The lowest BCUT2D eigenvalue weighted by Crippen LogP contribution is -2.50. The summed E-state index contributed by atoms with van der Waals surface area (Å²) in [5.41, 5.74) is 1.40. The van der Waals surface area contributed by atoms with Crippen molar-refractivity contribution in [2.75, 3.05) is 23.9 Å². The van der Waals surface area contributed by atoms with Crippen molar-refractivity contribution < 1.29 is 17.6 Å². The predicted molar refractivity (Wildman–Crippen MR) is 111 cm³/mol. The first kappa shape index (κ1) is 21.3. The highest BCUT2D eigenvalue weighted by atomic mass is 32.2. The van der Waals surface area contributed by atoms with Gasteiger partial charge < -0.3 is 5.32 Å². The summed E-state index contributed by atoms with van der Waals surface area (Å²) in [6, 6.07) is 14.9. The van der Waals surface area contributed by atoms with Crippen molar-refractivity contribution in [2.24, 2.45) is 5.92 Å². The van der Waals surface area contributed by atoms with E-state index in [4.69, 9.17) is 0 Å². The first-order chi connectivity index (χ1) is 13.9. The van der Waals surface area contributed by atoms with Crippen LogP contribution in [0.1, 0.15) is 25.3 Å². The molecule has 1 saturated heterocycles. The first-order valence-corrected chi connectivity index (χ1v) is 11.2. The van der Waals surface area contributed by atoms with Gasteiger partial charge in [-0.2, -0.15) is 12.7 Å². The van der Waals surface area contributed by atoms with Crippen LogP contribution in [-0.2, 0) is 21.5 Å². The number of para-hydroxylation sites is 1. The number of rotatable bonds is 7. The molecule has 2 aromatic carbocycles. The largest absolute Gasteiger partial charge is 0.352 e. The first-order valence-electron chi connectivity index (χ1n) is 9.77. The van der Waals surface area contributed by atoms with E-state index in [0.717, 1.165) is 5.56 Å². The van der Waals surface area contributed by atoms with Gasteiger partial charge in [-0.05, 0) is 49.6 Å². The molecule has 29 heavy (non-hydrogen) atoms. The molecule has 0 saturated carbocycles. The van der Waals surface area contributed by atoms with Gasteiger partial charge in [0.15, 0.2) is 0 Å². The quantitative estimate of drug-likeness (QED) is 0.750. The molecule has 0 spiro atoms. The van der Waals surface area contributed by atoms with E-state index in [1.807, 2.05) is 6.07 Å². The number of carbonyl (C=O) groups is 1. The van der Waals surface area contributed by atoms with Crippen LogP contribution in [0.5, 0.6) is 0 Å². The van der Waals surface area contributed by atoms with E-state index in [2.05, 4.69) is 5.32 Å². The average molecular weight is 420 g/mol. The molecular weight excluding hydrogens is 393 g/mol. The smallest absolute Gasteiger partial charge is 0.304 e. The third kappa shape index (κ3) is 5.13. The van der Waals surface area contributed by atoms with Gasteiger partial charge in [-0.25, -0.2) is 4.39 Å². The zero-order valence-electron chi connectivity index (χ0n) is 16.4. The molecule has 1 amide bonds. The monoisotopic (exact) mass is 419 g/mol. The predicted octanol–water partition coefficient (Wildman–Crippen LogP) is 2.93. The minimum absolute atomic E-state index is 0.154. The van der Waals surface area contributed by atoms with Crippen LogP contribution in [0.15, 0.2) is 54.6 Å². The van der Waals surface area contributed by atoms with Crippen molar-refractivity contribution >= 4 is 21.8 Å². The number of hydrogen-bond acceptors (Lipinski definition) is 3. The Balaban J connectivity index is 1.65. The number of nitrogens with one attached hydrogen (secondary N) is 1. The zero-order valence-corrected chi connectivity index (χ0v) is 17.2. The Morgan fingerprint density at radius 2 is 1.86 bits per heavy atom. The lowest BCUT2D eigenvalue weighted by molar-refractivity contribution is -0.126. The Morgan fingerprint density at radius 3 is 2.52 bits per heavy atom. The molecule has 1 aliphatic heterocycles. The molecule has 1 atom stereocenters. The minimum Gasteiger partial charge on any atom is -0.352 e. The van der Waals surface area contributed by atoms with Crippen molar-refractivity contribution in [3.8, 4) is 0 Å². The number of piperidine rings is 1. The van der Waals surface area contributed by atoms with Gasteiger partial charge in [0.05, 0.1) is 11.6 Å². The summed E-state index contributed by atoms with van der Waals surface area (Å²) in [7, 11) is -3.72. The van der Waals surface area contributed by atoms with E-state index in [9.17, 15) is 17.6 Å². The molecule has 0 aromatic heterocycles. The fourth-order valence-electron chi connectivity index (χ4n) is 3.51. The second kappa shape index (κ2) is 9.37. The molecule has 0 aliphatic carbocycles. The Kier molecular flexibility index (Phi) is 6.87. The second-order valence-corrected chi connectivity index (χ2v) is 8.90. The van der Waals surface area contributed by atoms with E-state index >= 15 is 0 Å². The lowest BCUT2D eigenvalue weighted by Gasteiger charge is -2.35. The van der Waals surface area contributed by atoms with E-state index in [0.29, 0.717) is 31.6 Å². The Hall–Kier alpha value is -2.45. The SMILES string of the molecule is CCN(c1ccccc1)S(=O)(=O)N1CCCC(C(=O)NCc2ccc(F)cc2)C1. The molecule has 1 N–H and O–H groups in total. The maximum atomic E-state index is 13.2. The Bertz CT molecular complexity index is 920. The van der Waals surface area contributed by atoms with Crippen LogP contribution < -0.4 is 9.62 Å². The summed E-state index contributed by atoms with van der Waals surface area (Å²) in [4.78, 5) is 12.6. The third-order valence-corrected chi connectivity index (χ3v) is 7.08. The summed E-state index contributed by atoms with van der Waals surface area (Å²) in [6.07, 6.45) is 1.26. The third-order valence-electron chi connectivity index (χ3n) is 5.07. The van der Waals surface area contributed by atoms with Crippen LogP contribution >= 0.6 is 0 Å². The van der Waals surface area contributed by atoms with Gasteiger partial charge in [0.2, 0.25) is 5.91 Å². The molecule has 1 heterocycles. The van der Waals surface area contributed by atoms with Crippen molar-refractivity contribution in [3.05, 3.63) is 66.0 Å². The van der Waals surface area contributed by atoms with Crippen LogP contribution in [0, 0.1) is 11.7 Å². The highest BCUT2D eigenvalue weighted by Crippen LogP contribution is 2.25. The topological polar surface area (TPSA) is 69.7 Å². The Labute approximate surface area is 171 Å². The number of nitrogens with zero attached hydrogens (tertiary/aromatic N) is 2. The number of hydrogen-bond donors (Lipinski definition) is 1. The standard InChI is InChI=1S/C21H26FN3O3S/c1-2-25(20-8-4-3-5-9-20)29(27,28)24-14-6-7-18(16-24)21(26)23-15-17-10-12-19(22)13-11-17/h3-5,8-13,18H,2,6-7,14-16H2,1H3,(H,23,26). The maximum Gasteiger partial charge on any atom is 0.304 e. The second-order valence-electron chi connectivity index (χ2n) is 7.05. The maximum absolute atomic E-state index is 13.2. The molecule has 6 nitrogen and oxygen atoms in total. The van der Waals surface area contributed by atoms with Crippen LogP contribution in [0.25, 0.3) is 0 Å². The number of halogens is 1. The summed E-state index contributed by atoms with van der Waals surface area (Å²) in [5.74, 6) is -0.919. The van der Waals surface area contributed by atoms with E-state index in [-0.39, 0.29) is 24.8 Å². The molecule has 1 unspecified atom stereocenters. The number of anilines is 1. The fourth-order valence-corrected chi connectivity index (χ4v) is 5.24.